The van der Waals surface area contributed by atoms with Gasteiger partial charge >= 0.3 is 0 Å². The van der Waals surface area contributed by atoms with Gasteiger partial charge in [0, 0.05) is 12.6 Å². The summed E-state index contributed by atoms with van der Waals surface area (Å²) >= 11 is 1.77. The fraction of sp³-hybridized carbons (Fsp3) is 0.185. The second kappa shape index (κ2) is 10.8. The van der Waals surface area contributed by atoms with Gasteiger partial charge in [-0.3, -0.25) is 4.79 Å². The summed E-state index contributed by atoms with van der Waals surface area (Å²) in [4.78, 5) is 17.8. The molecule has 4 nitrogen and oxygen atoms in total. The Morgan fingerprint density at radius 3 is 2.44 bits per heavy atom. The van der Waals surface area contributed by atoms with Crippen molar-refractivity contribution in [1.82, 2.24) is 14.9 Å². The highest BCUT2D eigenvalue weighted by molar-refractivity contribution is 7.98. The molecule has 4 rings (SSSR count). The number of hydrogen-bond donors (Lipinski definition) is 1. The van der Waals surface area contributed by atoms with E-state index in [2.05, 4.69) is 46.5 Å². The molecule has 0 aliphatic carbocycles. The number of nitrogens with zero attached hydrogens (tertiary/aromatic N) is 2. The van der Waals surface area contributed by atoms with E-state index in [-0.39, 0.29) is 11.9 Å². The first-order valence-electron chi connectivity index (χ1n) is 10.8. The molecule has 3 aromatic carbocycles. The molecule has 0 radical (unpaired) electrons. The van der Waals surface area contributed by atoms with Gasteiger partial charge in [0.1, 0.15) is 5.82 Å². The van der Waals surface area contributed by atoms with Gasteiger partial charge in [-0.1, -0.05) is 72.8 Å². The lowest BCUT2D eigenvalue weighted by Crippen LogP contribution is -2.30. The Labute approximate surface area is 193 Å². The first-order valence-corrected chi connectivity index (χ1v) is 12.2. The van der Waals surface area contributed by atoms with E-state index in [4.69, 9.17) is 4.98 Å². The zero-order valence-electron chi connectivity index (χ0n) is 18.1. The molecule has 1 aromatic heterocycles. The molecule has 0 fully saturated rings. The number of nitrogens with one attached hydrogen (secondary N) is 1. The fourth-order valence-electron chi connectivity index (χ4n) is 3.75. The van der Waals surface area contributed by atoms with Crippen molar-refractivity contribution in [1.29, 1.82) is 0 Å². The van der Waals surface area contributed by atoms with Crippen molar-refractivity contribution in [3.8, 4) is 0 Å². The van der Waals surface area contributed by atoms with E-state index in [1.165, 1.54) is 5.56 Å². The molecule has 32 heavy (non-hydrogen) atoms. The van der Waals surface area contributed by atoms with E-state index in [9.17, 15) is 4.79 Å². The third-order valence-electron chi connectivity index (χ3n) is 5.33. The van der Waals surface area contributed by atoms with Crippen molar-refractivity contribution in [3.63, 3.8) is 0 Å². The van der Waals surface area contributed by atoms with E-state index in [0.29, 0.717) is 6.54 Å². The summed E-state index contributed by atoms with van der Waals surface area (Å²) in [5.41, 5.74) is 4.23. The van der Waals surface area contributed by atoms with E-state index < -0.39 is 0 Å². The van der Waals surface area contributed by atoms with E-state index in [0.717, 1.165) is 34.6 Å². The lowest BCUT2D eigenvalue weighted by molar-refractivity contribution is -0.117. The van der Waals surface area contributed by atoms with E-state index in [1.54, 1.807) is 17.8 Å². The predicted molar refractivity (Wildman–Crippen MR) is 135 cm³/mol. The molecule has 1 atom stereocenters. The van der Waals surface area contributed by atoms with Gasteiger partial charge in [0.15, 0.2) is 0 Å². The number of fused-ring (bicyclic) bond motifs is 1. The molecule has 162 valence electrons. The quantitative estimate of drug-likeness (QED) is 0.339. The first kappa shape index (κ1) is 21.9. The summed E-state index contributed by atoms with van der Waals surface area (Å²) in [6.45, 7) is 0.710. The maximum absolute atomic E-state index is 12.8. The van der Waals surface area contributed by atoms with Crippen molar-refractivity contribution in [2.75, 3.05) is 12.0 Å². The zero-order valence-corrected chi connectivity index (χ0v) is 19.0. The number of rotatable bonds is 9. The van der Waals surface area contributed by atoms with Gasteiger partial charge in [0.25, 0.3) is 0 Å². The van der Waals surface area contributed by atoms with Crippen molar-refractivity contribution in [2.45, 2.75) is 19.0 Å². The van der Waals surface area contributed by atoms with Crippen LogP contribution in [-0.2, 0) is 11.3 Å². The topological polar surface area (TPSA) is 46.9 Å². The number of para-hydroxylation sites is 2. The highest BCUT2D eigenvalue weighted by Crippen LogP contribution is 2.25. The van der Waals surface area contributed by atoms with Crippen LogP contribution < -0.4 is 5.32 Å². The minimum atomic E-state index is -0.175. The second-order valence-electron chi connectivity index (χ2n) is 7.62. The van der Waals surface area contributed by atoms with Crippen LogP contribution in [0.15, 0.2) is 91.0 Å². The average Bonchev–Trinajstić information content (AvgIpc) is 3.20. The van der Waals surface area contributed by atoms with Crippen LogP contribution in [0.5, 0.6) is 0 Å². The van der Waals surface area contributed by atoms with Crippen molar-refractivity contribution >= 4 is 34.8 Å². The lowest BCUT2D eigenvalue weighted by Gasteiger charge is -2.19. The molecule has 0 aliphatic rings. The Bertz CT molecular complexity index is 1190. The van der Waals surface area contributed by atoms with E-state index in [1.807, 2.05) is 60.7 Å². The molecule has 1 N–H and O–H groups in total. The summed E-state index contributed by atoms with van der Waals surface area (Å²) in [5, 5.41) is 3.20. The maximum Gasteiger partial charge on any atom is 0.244 e. The highest BCUT2D eigenvalue weighted by Gasteiger charge is 2.21. The highest BCUT2D eigenvalue weighted by atomic mass is 32.2. The van der Waals surface area contributed by atoms with Crippen LogP contribution in [0.3, 0.4) is 0 Å². The third kappa shape index (κ3) is 5.48. The van der Waals surface area contributed by atoms with Gasteiger partial charge in [-0.05, 0) is 47.8 Å². The Balaban J connectivity index is 1.65. The van der Waals surface area contributed by atoms with Crippen LogP contribution >= 0.6 is 11.8 Å². The second-order valence-corrected chi connectivity index (χ2v) is 8.60. The standard InChI is InChI=1S/C27H27N3OS/c1-32-19-18-24(28-26(31)17-16-21-10-4-2-5-11-21)27-29-23-14-8-9-15-25(23)30(27)20-22-12-6-3-7-13-22/h2-17,24H,18-20H2,1H3,(H,28,31)/b17-16+/t24-/m1/s1. The smallest absolute Gasteiger partial charge is 0.244 e. The maximum atomic E-state index is 12.8. The minimum Gasteiger partial charge on any atom is -0.343 e. The molecular weight excluding hydrogens is 414 g/mol. The molecule has 0 aliphatic heterocycles. The molecule has 1 amide bonds. The predicted octanol–water partition coefficient (Wildman–Crippen LogP) is 5.71. The Hall–Kier alpha value is -3.31. The number of hydrogen-bond acceptors (Lipinski definition) is 3. The zero-order chi connectivity index (χ0) is 22.2. The molecule has 1 heterocycles. The van der Waals surface area contributed by atoms with Crippen LogP contribution in [0.25, 0.3) is 17.1 Å². The number of carbonyl (C=O) groups is 1. The molecule has 0 bridgehead atoms. The van der Waals surface area contributed by atoms with Crippen LogP contribution in [0.2, 0.25) is 0 Å². The number of benzene rings is 3. The molecule has 5 heteroatoms. The Morgan fingerprint density at radius 1 is 1.00 bits per heavy atom. The van der Waals surface area contributed by atoms with Crippen LogP contribution in [0.1, 0.15) is 29.4 Å². The molecule has 0 saturated carbocycles. The van der Waals surface area contributed by atoms with Gasteiger partial charge in [0.2, 0.25) is 5.91 Å². The number of carbonyl (C=O) groups excluding carboxylic acids is 1. The average molecular weight is 442 g/mol. The first-order chi connectivity index (χ1) is 15.7. The molecule has 0 unspecified atom stereocenters. The third-order valence-corrected chi connectivity index (χ3v) is 5.98. The Kier molecular flexibility index (Phi) is 7.41. The molecule has 0 saturated heterocycles. The largest absolute Gasteiger partial charge is 0.343 e. The lowest BCUT2D eigenvalue weighted by atomic mass is 10.1. The monoisotopic (exact) mass is 441 g/mol. The summed E-state index contributed by atoms with van der Waals surface area (Å²) in [5.74, 6) is 1.71. The number of amides is 1. The summed E-state index contributed by atoms with van der Waals surface area (Å²) in [7, 11) is 0. The molecule has 0 spiro atoms. The fourth-order valence-corrected chi connectivity index (χ4v) is 4.22. The molecular formula is C27H27N3OS. The number of aromatic nitrogens is 2. The number of thioether (sulfide) groups is 1. The van der Waals surface area contributed by atoms with Crippen molar-refractivity contribution in [2.24, 2.45) is 0 Å². The minimum absolute atomic E-state index is 0.113. The summed E-state index contributed by atoms with van der Waals surface area (Å²) < 4.78 is 2.23. The van der Waals surface area contributed by atoms with Crippen molar-refractivity contribution < 1.29 is 4.79 Å². The van der Waals surface area contributed by atoms with Crippen LogP contribution in [0.4, 0.5) is 0 Å². The Morgan fingerprint density at radius 2 is 1.69 bits per heavy atom. The van der Waals surface area contributed by atoms with Crippen LogP contribution in [0, 0.1) is 0 Å². The van der Waals surface area contributed by atoms with Gasteiger partial charge in [-0.25, -0.2) is 4.98 Å². The van der Waals surface area contributed by atoms with Gasteiger partial charge in [-0.15, -0.1) is 0 Å². The van der Waals surface area contributed by atoms with Gasteiger partial charge in [0.05, 0.1) is 17.1 Å². The number of imidazole rings is 1. The van der Waals surface area contributed by atoms with Gasteiger partial charge in [-0.2, -0.15) is 11.8 Å². The molecule has 4 aromatic rings. The van der Waals surface area contributed by atoms with Crippen LogP contribution in [-0.4, -0.2) is 27.5 Å². The summed E-state index contributed by atoms with van der Waals surface area (Å²) in [6, 6.07) is 28.2. The van der Waals surface area contributed by atoms with E-state index >= 15 is 0 Å². The van der Waals surface area contributed by atoms with Crippen molar-refractivity contribution in [3.05, 3.63) is 108 Å². The van der Waals surface area contributed by atoms with Gasteiger partial charge < -0.3 is 9.88 Å². The summed E-state index contributed by atoms with van der Waals surface area (Å²) in [6.07, 6.45) is 6.34. The SMILES string of the molecule is CSCC[C@@H](NC(=O)/C=C/c1ccccc1)c1nc2ccccc2n1Cc1ccccc1. The normalized spacial score (nSPS) is 12.3.